The fourth-order valence-electron chi connectivity index (χ4n) is 4.22. The lowest BCUT2D eigenvalue weighted by molar-refractivity contribution is -0.223. The van der Waals surface area contributed by atoms with Crippen LogP contribution in [-0.4, -0.2) is 35.4 Å². The lowest BCUT2D eigenvalue weighted by Crippen LogP contribution is -2.52. The Balaban J connectivity index is 1.95. The highest BCUT2D eigenvalue weighted by Crippen LogP contribution is 2.40. The van der Waals surface area contributed by atoms with Gasteiger partial charge in [0, 0.05) is 24.8 Å². The molecule has 0 saturated carbocycles. The summed E-state index contributed by atoms with van der Waals surface area (Å²) in [6, 6.07) is 12.6. The second kappa shape index (κ2) is 10.4. The number of halogens is 1. The topological polar surface area (TPSA) is 82.1 Å². The van der Waals surface area contributed by atoms with E-state index in [9.17, 15) is 14.7 Å². The zero-order valence-electron chi connectivity index (χ0n) is 18.7. The molecule has 6 nitrogen and oxygen atoms in total. The van der Waals surface area contributed by atoms with Gasteiger partial charge in [-0.3, -0.25) is 9.59 Å². The molecule has 1 unspecified atom stereocenters. The van der Waals surface area contributed by atoms with Crippen LogP contribution in [0.1, 0.15) is 56.9 Å². The van der Waals surface area contributed by atoms with Gasteiger partial charge in [-0.25, -0.2) is 0 Å². The molecule has 0 aliphatic carbocycles. The SMILES string of the molecule is CC[C@H]1O[C@@H](c2ccc(Cl)c(Cc3ccc(O)cc3)c2)[C@H](OC(C)=O)[C@@H](C)C1OC(C)=O. The minimum atomic E-state index is -0.623. The molecule has 1 saturated heterocycles. The summed E-state index contributed by atoms with van der Waals surface area (Å²) in [6.07, 6.45) is -0.784. The van der Waals surface area contributed by atoms with Gasteiger partial charge >= 0.3 is 11.9 Å². The van der Waals surface area contributed by atoms with Gasteiger partial charge in [-0.2, -0.15) is 0 Å². The Morgan fingerprint density at radius 3 is 2.25 bits per heavy atom. The molecule has 32 heavy (non-hydrogen) atoms. The van der Waals surface area contributed by atoms with Crippen LogP contribution in [0.15, 0.2) is 42.5 Å². The maximum Gasteiger partial charge on any atom is 0.303 e. The molecule has 0 amide bonds. The molecule has 1 N–H and O–H groups in total. The van der Waals surface area contributed by atoms with Crippen LogP contribution in [0.5, 0.6) is 5.75 Å². The van der Waals surface area contributed by atoms with E-state index in [1.54, 1.807) is 12.1 Å². The molecule has 0 aromatic heterocycles. The van der Waals surface area contributed by atoms with Gasteiger partial charge in [0.2, 0.25) is 0 Å². The molecular weight excluding hydrogens is 432 g/mol. The molecule has 3 rings (SSSR count). The minimum absolute atomic E-state index is 0.204. The van der Waals surface area contributed by atoms with Crippen molar-refractivity contribution in [3.63, 3.8) is 0 Å². The predicted octanol–water partition coefficient (Wildman–Crippen LogP) is 4.99. The molecule has 0 spiro atoms. The number of phenolic OH excluding ortho intramolecular Hbond substituents is 1. The number of hydrogen-bond acceptors (Lipinski definition) is 6. The lowest BCUT2D eigenvalue weighted by Gasteiger charge is -2.44. The van der Waals surface area contributed by atoms with E-state index in [1.807, 2.05) is 44.2 Å². The van der Waals surface area contributed by atoms with Gasteiger partial charge in [0.15, 0.2) is 0 Å². The molecule has 1 aliphatic rings. The van der Waals surface area contributed by atoms with Crippen molar-refractivity contribution >= 4 is 23.5 Å². The van der Waals surface area contributed by atoms with Crippen LogP contribution in [0, 0.1) is 5.92 Å². The first-order chi connectivity index (χ1) is 15.2. The predicted molar refractivity (Wildman–Crippen MR) is 121 cm³/mol. The molecular formula is C25H29ClO6. The van der Waals surface area contributed by atoms with E-state index in [1.165, 1.54) is 13.8 Å². The molecule has 0 radical (unpaired) electrons. The van der Waals surface area contributed by atoms with E-state index in [4.69, 9.17) is 25.8 Å². The number of rotatable bonds is 6. The van der Waals surface area contributed by atoms with Crippen molar-refractivity contribution < 1.29 is 28.9 Å². The van der Waals surface area contributed by atoms with Crippen LogP contribution in [-0.2, 0) is 30.2 Å². The van der Waals surface area contributed by atoms with E-state index in [-0.39, 0.29) is 17.8 Å². The molecule has 172 valence electrons. The van der Waals surface area contributed by atoms with Gasteiger partial charge < -0.3 is 19.3 Å². The summed E-state index contributed by atoms with van der Waals surface area (Å²) in [5.41, 5.74) is 2.72. The number of aromatic hydroxyl groups is 1. The number of carbonyl (C=O) groups is 2. The first kappa shape index (κ1) is 24.1. The van der Waals surface area contributed by atoms with Crippen LogP contribution in [0.25, 0.3) is 0 Å². The smallest absolute Gasteiger partial charge is 0.303 e. The number of phenols is 1. The van der Waals surface area contributed by atoms with Gasteiger partial charge in [0.05, 0.1) is 6.10 Å². The van der Waals surface area contributed by atoms with Gasteiger partial charge in [-0.05, 0) is 47.7 Å². The summed E-state index contributed by atoms with van der Waals surface area (Å²) >= 11 is 6.47. The van der Waals surface area contributed by atoms with Gasteiger partial charge in [0.25, 0.3) is 0 Å². The highest BCUT2D eigenvalue weighted by molar-refractivity contribution is 6.31. The Bertz CT molecular complexity index is 957. The number of ether oxygens (including phenoxy) is 3. The largest absolute Gasteiger partial charge is 0.508 e. The number of hydrogen-bond donors (Lipinski definition) is 1. The average Bonchev–Trinajstić information content (AvgIpc) is 2.74. The summed E-state index contributed by atoms with van der Waals surface area (Å²) in [7, 11) is 0. The molecule has 1 fully saturated rings. The van der Waals surface area contributed by atoms with Crippen molar-refractivity contribution in [2.45, 2.75) is 65.0 Å². The van der Waals surface area contributed by atoms with E-state index < -0.39 is 30.3 Å². The van der Waals surface area contributed by atoms with Crippen LogP contribution in [0.3, 0.4) is 0 Å². The fraction of sp³-hybridized carbons (Fsp3) is 0.440. The Labute approximate surface area is 193 Å². The molecule has 1 aliphatic heterocycles. The first-order valence-corrected chi connectivity index (χ1v) is 11.1. The van der Waals surface area contributed by atoms with E-state index >= 15 is 0 Å². The number of benzene rings is 2. The zero-order chi connectivity index (χ0) is 23.4. The van der Waals surface area contributed by atoms with E-state index in [0.717, 1.165) is 16.7 Å². The maximum atomic E-state index is 11.9. The highest BCUT2D eigenvalue weighted by atomic mass is 35.5. The highest BCUT2D eigenvalue weighted by Gasteiger charge is 2.47. The third-order valence-corrected chi connectivity index (χ3v) is 6.13. The van der Waals surface area contributed by atoms with Crippen LogP contribution in [0.4, 0.5) is 0 Å². The molecule has 1 heterocycles. The van der Waals surface area contributed by atoms with Crippen LogP contribution < -0.4 is 0 Å². The number of esters is 2. The quantitative estimate of drug-likeness (QED) is 0.612. The third-order valence-electron chi connectivity index (χ3n) is 5.76. The van der Waals surface area contributed by atoms with Crippen molar-refractivity contribution in [2.24, 2.45) is 5.92 Å². The monoisotopic (exact) mass is 460 g/mol. The summed E-state index contributed by atoms with van der Waals surface area (Å²) in [5, 5.41) is 10.1. The zero-order valence-corrected chi connectivity index (χ0v) is 19.5. The minimum Gasteiger partial charge on any atom is -0.508 e. The van der Waals surface area contributed by atoms with Gasteiger partial charge in [0.1, 0.15) is 24.1 Å². The van der Waals surface area contributed by atoms with Gasteiger partial charge in [-0.15, -0.1) is 0 Å². The van der Waals surface area contributed by atoms with Crippen molar-refractivity contribution in [1.29, 1.82) is 0 Å². The molecule has 2 aromatic carbocycles. The van der Waals surface area contributed by atoms with Crippen LogP contribution in [0.2, 0.25) is 5.02 Å². The first-order valence-electron chi connectivity index (χ1n) is 10.8. The molecule has 7 heteroatoms. The standard InChI is InChI=1S/C25H29ClO6/c1-5-22-23(30-15(3)27)14(2)24(31-16(4)28)25(32-22)18-8-11-21(26)19(13-18)12-17-6-9-20(29)10-7-17/h6-11,13-14,22-25,29H,5,12H2,1-4H3/t14-,22+,23?,24+,25-/m0/s1. The number of carbonyl (C=O) groups excluding carboxylic acids is 2. The van der Waals surface area contributed by atoms with Crippen molar-refractivity contribution in [2.75, 3.05) is 0 Å². The fourth-order valence-corrected chi connectivity index (χ4v) is 4.40. The van der Waals surface area contributed by atoms with E-state index in [2.05, 4.69) is 0 Å². The lowest BCUT2D eigenvalue weighted by atomic mass is 9.83. The third kappa shape index (κ3) is 5.61. The molecule has 5 atom stereocenters. The molecule has 2 aromatic rings. The van der Waals surface area contributed by atoms with Crippen molar-refractivity contribution in [3.05, 3.63) is 64.2 Å². The Morgan fingerprint density at radius 2 is 1.66 bits per heavy atom. The van der Waals surface area contributed by atoms with Gasteiger partial charge in [-0.1, -0.05) is 49.7 Å². The molecule has 0 bridgehead atoms. The maximum absolute atomic E-state index is 11.9. The summed E-state index contributed by atoms with van der Waals surface area (Å²) < 4.78 is 17.5. The summed E-state index contributed by atoms with van der Waals surface area (Å²) in [4.78, 5) is 23.5. The Morgan fingerprint density at radius 1 is 1.03 bits per heavy atom. The van der Waals surface area contributed by atoms with Crippen molar-refractivity contribution in [1.82, 2.24) is 0 Å². The van der Waals surface area contributed by atoms with E-state index in [0.29, 0.717) is 17.9 Å². The van der Waals surface area contributed by atoms with Crippen molar-refractivity contribution in [3.8, 4) is 5.75 Å². The Hall–Kier alpha value is -2.57. The Kier molecular flexibility index (Phi) is 7.80. The second-order valence-corrected chi connectivity index (χ2v) is 8.61. The second-order valence-electron chi connectivity index (χ2n) is 8.20. The average molecular weight is 461 g/mol. The van der Waals surface area contributed by atoms with Crippen LogP contribution >= 0.6 is 11.6 Å². The normalized spacial score (nSPS) is 25.2. The summed E-state index contributed by atoms with van der Waals surface area (Å²) in [6.45, 7) is 6.59. The summed E-state index contributed by atoms with van der Waals surface area (Å²) in [5.74, 6) is -0.880.